The molecule has 1 rings (SSSR count). The molecule has 0 aliphatic rings. The van der Waals surface area contributed by atoms with Crippen LogP contribution in [-0.4, -0.2) is 25.6 Å². The second-order valence-corrected chi connectivity index (χ2v) is 2.70. The Hall–Kier alpha value is -2.17. The molecule has 0 atom stereocenters. The van der Waals surface area contributed by atoms with E-state index in [4.69, 9.17) is 14.7 Å². The zero-order valence-electron chi connectivity index (χ0n) is 8.83. The quantitative estimate of drug-likeness (QED) is 0.816. The van der Waals surface area contributed by atoms with E-state index >= 15 is 0 Å². The SMILES string of the molecule is COc1ncc(C#N)c(OC(F)(F)F)c1OC. The van der Waals surface area contributed by atoms with Gasteiger partial charge in [0.15, 0.2) is 5.75 Å². The molecule has 0 aromatic carbocycles. The Labute approximate surface area is 94.3 Å². The van der Waals surface area contributed by atoms with Crippen molar-refractivity contribution < 1.29 is 27.4 Å². The first kappa shape index (κ1) is 12.9. The minimum atomic E-state index is -4.94. The lowest BCUT2D eigenvalue weighted by Gasteiger charge is -2.14. The maximum absolute atomic E-state index is 12.2. The first-order valence-electron chi connectivity index (χ1n) is 4.19. The molecule has 0 saturated carbocycles. The molecule has 0 radical (unpaired) electrons. The van der Waals surface area contributed by atoms with Crippen LogP contribution in [0.2, 0.25) is 0 Å². The average molecular weight is 248 g/mol. The van der Waals surface area contributed by atoms with E-state index in [1.165, 1.54) is 13.2 Å². The van der Waals surface area contributed by atoms with Gasteiger partial charge in [-0.2, -0.15) is 5.26 Å². The number of aromatic nitrogens is 1. The summed E-state index contributed by atoms with van der Waals surface area (Å²) in [6.45, 7) is 0. The second kappa shape index (κ2) is 4.78. The number of pyridine rings is 1. The number of nitriles is 1. The fraction of sp³-hybridized carbons (Fsp3) is 0.333. The Kier molecular flexibility index (Phi) is 3.62. The molecule has 92 valence electrons. The normalized spacial score (nSPS) is 10.6. The summed E-state index contributed by atoms with van der Waals surface area (Å²) in [5.74, 6) is -1.36. The number of nitrogens with zero attached hydrogens (tertiary/aromatic N) is 2. The van der Waals surface area contributed by atoms with Gasteiger partial charge < -0.3 is 14.2 Å². The van der Waals surface area contributed by atoms with E-state index in [0.717, 1.165) is 13.3 Å². The second-order valence-electron chi connectivity index (χ2n) is 2.70. The summed E-state index contributed by atoms with van der Waals surface area (Å²) in [6.07, 6.45) is -4.03. The third kappa shape index (κ3) is 2.90. The summed E-state index contributed by atoms with van der Waals surface area (Å²) in [5.41, 5.74) is -0.403. The molecule has 1 aromatic rings. The van der Waals surface area contributed by atoms with E-state index in [1.54, 1.807) is 0 Å². The van der Waals surface area contributed by atoms with Crippen LogP contribution in [0, 0.1) is 11.3 Å². The Morgan fingerprint density at radius 1 is 1.24 bits per heavy atom. The van der Waals surface area contributed by atoms with Gasteiger partial charge in [0.1, 0.15) is 11.6 Å². The van der Waals surface area contributed by atoms with Crippen LogP contribution < -0.4 is 14.2 Å². The zero-order valence-corrected chi connectivity index (χ0v) is 8.83. The van der Waals surface area contributed by atoms with Crippen LogP contribution in [0.25, 0.3) is 0 Å². The molecule has 0 N–H and O–H groups in total. The smallest absolute Gasteiger partial charge is 0.489 e. The number of hydrogen-bond acceptors (Lipinski definition) is 5. The van der Waals surface area contributed by atoms with Gasteiger partial charge in [0.05, 0.1) is 20.4 Å². The first-order chi connectivity index (χ1) is 7.92. The molecule has 0 fully saturated rings. The van der Waals surface area contributed by atoms with Crippen LogP contribution in [0.1, 0.15) is 5.56 Å². The molecule has 0 saturated heterocycles. The molecule has 0 bridgehead atoms. The molecule has 0 amide bonds. The standard InChI is InChI=1S/C9H7F3N2O3/c1-15-7-6(17-9(10,11)12)5(3-13)4-14-8(7)16-2/h4H,1-2H3. The monoisotopic (exact) mass is 248 g/mol. The van der Waals surface area contributed by atoms with Crippen molar-refractivity contribution in [2.45, 2.75) is 6.36 Å². The van der Waals surface area contributed by atoms with Crippen LogP contribution in [0.15, 0.2) is 6.20 Å². The molecule has 1 aromatic heterocycles. The van der Waals surface area contributed by atoms with Gasteiger partial charge in [-0.05, 0) is 0 Å². The number of alkyl halides is 3. The number of halogens is 3. The van der Waals surface area contributed by atoms with Crippen molar-refractivity contribution in [1.82, 2.24) is 4.98 Å². The largest absolute Gasteiger partial charge is 0.573 e. The van der Waals surface area contributed by atoms with Gasteiger partial charge in [-0.15, -0.1) is 13.2 Å². The number of hydrogen-bond donors (Lipinski definition) is 0. The summed E-state index contributed by atoms with van der Waals surface area (Å²) in [6, 6.07) is 1.52. The van der Waals surface area contributed by atoms with E-state index in [-0.39, 0.29) is 11.6 Å². The third-order valence-corrected chi connectivity index (χ3v) is 1.69. The van der Waals surface area contributed by atoms with E-state index in [9.17, 15) is 13.2 Å². The van der Waals surface area contributed by atoms with Crippen LogP contribution in [-0.2, 0) is 0 Å². The molecule has 0 aliphatic carbocycles. The summed E-state index contributed by atoms with van der Waals surface area (Å²) in [7, 11) is 2.32. The Bertz CT molecular complexity index is 454. The fourth-order valence-corrected chi connectivity index (χ4v) is 1.08. The van der Waals surface area contributed by atoms with Gasteiger partial charge >= 0.3 is 6.36 Å². The summed E-state index contributed by atoms with van der Waals surface area (Å²) in [5, 5.41) is 8.67. The van der Waals surface area contributed by atoms with Crippen molar-refractivity contribution in [2.75, 3.05) is 14.2 Å². The summed E-state index contributed by atoms with van der Waals surface area (Å²) in [4.78, 5) is 3.61. The zero-order chi connectivity index (χ0) is 13.1. The molecule has 8 heteroatoms. The Balaban J connectivity index is 3.36. The van der Waals surface area contributed by atoms with Gasteiger partial charge in [0, 0.05) is 0 Å². The number of rotatable bonds is 3. The van der Waals surface area contributed by atoms with Crippen molar-refractivity contribution in [2.24, 2.45) is 0 Å². The molecule has 0 aliphatic heterocycles. The minimum absolute atomic E-state index is 0.203. The third-order valence-electron chi connectivity index (χ3n) is 1.69. The minimum Gasteiger partial charge on any atom is -0.489 e. The maximum atomic E-state index is 12.2. The van der Waals surface area contributed by atoms with E-state index < -0.39 is 17.7 Å². The van der Waals surface area contributed by atoms with Crippen molar-refractivity contribution in [3.05, 3.63) is 11.8 Å². The fourth-order valence-electron chi connectivity index (χ4n) is 1.08. The van der Waals surface area contributed by atoms with Crippen molar-refractivity contribution in [1.29, 1.82) is 5.26 Å². The molecular weight excluding hydrogens is 241 g/mol. The molecule has 0 spiro atoms. The lowest BCUT2D eigenvalue weighted by atomic mass is 10.2. The van der Waals surface area contributed by atoms with Gasteiger partial charge in [-0.3, -0.25) is 0 Å². The Morgan fingerprint density at radius 3 is 2.29 bits per heavy atom. The predicted molar refractivity (Wildman–Crippen MR) is 48.7 cm³/mol. The average Bonchev–Trinajstić information content (AvgIpc) is 2.26. The van der Waals surface area contributed by atoms with Crippen LogP contribution in [0.4, 0.5) is 13.2 Å². The number of ether oxygens (including phenoxy) is 3. The highest BCUT2D eigenvalue weighted by atomic mass is 19.4. The number of methoxy groups -OCH3 is 2. The van der Waals surface area contributed by atoms with Crippen LogP contribution >= 0.6 is 0 Å². The lowest BCUT2D eigenvalue weighted by molar-refractivity contribution is -0.275. The van der Waals surface area contributed by atoms with E-state index in [2.05, 4.69) is 9.72 Å². The molecule has 1 heterocycles. The Morgan fingerprint density at radius 2 is 1.88 bits per heavy atom. The molecule has 0 unspecified atom stereocenters. The van der Waals surface area contributed by atoms with E-state index in [1.807, 2.05) is 0 Å². The summed E-state index contributed by atoms with van der Waals surface area (Å²) >= 11 is 0. The maximum Gasteiger partial charge on any atom is 0.573 e. The van der Waals surface area contributed by atoms with Gasteiger partial charge in [0.25, 0.3) is 5.88 Å². The highest BCUT2D eigenvalue weighted by Gasteiger charge is 2.35. The molecular formula is C9H7F3N2O3. The predicted octanol–water partition coefficient (Wildman–Crippen LogP) is 1.87. The topological polar surface area (TPSA) is 64.4 Å². The lowest BCUT2D eigenvalue weighted by Crippen LogP contribution is -2.18. The highest BCUT2D eigenvalue weighted by Crippen LogP contribution is 2.40. The molecule has 17 heavy (non-hydrogen) atoms. The van der Waals surface area contributed by atoms with E-state index in [0.29, 0.717) is 0 Å². The summed E-state index contributed by atoms with van der Waals surface area (Å²) < 4.78 is 49.6. The molecule has 5 nitrogen and oxygen atoms in total. The van der Waals surface area contributed by atoms with Crippen LogP contribution in [0.5, 0.6) is 17.4 Å². The van der Waals surface area contributed by atoms with Crippen molar-refractivity contribution in [3.8, 4) is 23.4 Å². The van der Waals surface area contributed by atoms with Crippen molar-refractivity contribution >= 4 is 0 Å². The van der Waals surface area contributed by atoms with Gasteiger partial charge in [-0.1, -0.05) is 0 Å². The van der Waals surface area contributed by atoms with Gasteiger partial charge in [0.2, 0.25) is 5.75 Å². The van der Waals surface area contributed by atoms with Crippen molar-refractivity contribution in [3.63, 3.8) is 0 Å². The highest BCUT2D eigenvalue weighted by molar-refractivity contribution is 5.56. The van der Waals surface area contributed by atoms with Crippen LogP contribution in [0.3, 0.4) is 0 Å². The first-order valence-corrected chi connectivity index (χ1v) is 4.19. The van der Waals surface area contributed by atoms with Gasteiger partial charge in [-0.25, -0.2) is 4.98 Å².